The summed E-state index contributed by atoms with van der Waals surface area (Å²) < 4.78 is 28.0. The number of nitrogens with zero attached hydrogens (tertiary/aromatic N) is 1. The minimum absolute atomic E-state index is 0.0441. The van der Waals surface area contributed by atoms with E-state index in [1.54, 1.807) is 17.0 Å². The average Bonchev–Trinajstić information content (AvgIpc) is 3.56. The lowest BCUT2D eigenvalue weighted by molar-refractivity contribution is -0.136. The predicted molar refractivity (Wildman–Crippen MR) is 114 cm³/mol. The molecular weight excluding hydrogens is 416 g/mol. The van der Waals surface area contributed by atoms with Gasteiger partial charge in [-0.05, 0) is 12.8 Å². The molecule has 9 heteroatoms. The second-order valence-electron chi connectivity index (χ2n) is 8.66. The van der Waals surface area contributed by atoms with Gasteiger partial charge in [0.05, 0.1) is 51.9 Å². The van der Waals surface area contributed by atoms with Crippen LogP contribution in [0.25, 0.3) is 0 Å². The van der Waals surface area contributed by atoms with Crippen molar-refractivity contribution in [2.24, 2.45) is 11.8 Å². The molecule has 9 nitrogen and oxygen atoms in total. The number of benzene rings is 1. The molecule has 1 aromatic rings. The summed E-state index contributed by atoms with van der Waals surface area (Å²) in [7, 11) is 4.55. The van der Waals surface area contributed by atoms with Crippen LogP contribution in [-0.4, -0.2) is 75.5 Å². The lowest BCUT2D eigenvalue weighted by atomic mass is 9.77. The first kappa shape index (κ1) is 21.1. The third-order valence-electron chi connectivity index (χ3n) is 6.86. The number of carbonyl (C=O) groups excluding carboxylic acids is 2. The van der Waals surface area contributed by atoms with Gasteiger partial charge in [-0.15, -0.1) is 0 Å². The Morgan fingerprint density at radius 1 is 1.22 bits per heavy atom. The minimum Gasteiger partial charge on any atom is -0.493 e. The molecule has 0 aliphatic carbocycles. The number of rotatable bonds is 7. The molecule has 3 saturated heterocycles. The Bertz CT molecular complexity index is 933. The van der Waals surface area contributed by atoms with Crippen molar-refractivity contribution in [3.8, 4) is 17.2 Å². The maximum atomic E-state index is 13.4. The summed E-state index contributed by atoms with van der Waals surface area (Å²) in [6.07, 6.45) is 5.46. The van der Waals surface area contributed by atoms with Gasteiger partial charge in [0.15, 0.2) is 11.5 Å². The average molecular weight is 444 g/mol. The summed E-state index contributed by atoms with van der Waals surface area (Å²) in [6.45, 7) is 1.73. The number of likely N-dealkylation sites (tertiary alicyclic amines) is 1. The van der Waals surface area contributed by atoms with Gasteiger partial charge in [0.25, 0.3) is 0 Å². The third-order valence-corrected chi connectivity index (χ3v) is 6.86. The zero-order chi connectivity index (χ0) is 22.5. The summed E-state index contributed by atoms with van der Waals surface area (Å²) in [5.41, 5.74) is -0.246. The maximum Gasteiger partial charge on any atom is 0.231 e. The van der Waals surface area contributed by atoms with Crippen LogP contribution in [-0.2, 0) is 19.1 Å². The second kappa shape index (κ2) is 7.97. The molecule has 3 fully saturated rings. The van der Waals surface area contributed by atoms with Gasteiger partial charge in [-0.1, -0.05) is 12.2 Å². The summed E-state index contributed by atoms with van der Waals surface area (Å²) in [4.78, 5) is 28.5. The zero-order valence-corrected chi connectivity index (χ0v) is 18.5. The third kappa shape index (κ3) is 3.22. The van der Waals surface area contributed by atoms with E-state index in [4.69, 9.17) is 23.7 Å². The summed E-state index contributed by atoms with van der Waals surface area (Å²) >= 11 is 0. The van der Waals surface area contributed by atoms with Crippen LogP contribution in [0.3, 0.4) is 0 Å². The van der Waals surface area contributed by atoms with E-state index in [2.05, 4.69) is 5.32 Å². The molecule has 32 heavy (non-hydrogen) atoms. The van der Waals surface area contributed by atoms with Crippen molar-refractivity contribution >= 4 is 17.5 Å². The number of anilines is 1. The van der Waals surface area contributed by atoms with Gasteiger partial charge in [-0.3, -0.25) is 9.59 Å². The van der Waals surface area contributed by atoms with Crippen molar-refractivity contribution in [3.63, 3.8) is 0 Å². The Morgan fingerprint density at radius 2 is 1.97 bits per heavy atom. The molecule has 0 aromatic heterocycles. The Kier molecular flexibility index (Phi) is 5.25. The van der Waals surface area contributed by atoms with Gasteiger partial charge in [0.2, 0.25) is 17.6 Å². The van der Waals surface area contributed by atoms with E-state index in [9.17, 15) is 9.59 Å². The van der Waals surface area contributed by atoms with Crippen LogP contribution in [0.4, 0.5) is 5.69 Å². The van der Waals surface area contributed by atoms with Gasteiger partial charge >= 0.3 is 0 Å². The molecule has 0 unspecified atom stereocenters. The Balaban J connectivity index is 1.37. The quantitative estimate of drug-likeness (QED) is 0.639. The number of ether oxygens (including phenoxy) is 5. The normalized spacial score (nSPS) is 32.3. The Morgan fingerprint density at radius 3 is 2.59 bits per heavy atom. The van der Waals surface area contributed by atoms with E-state index < -0.39 is 23.5 Å². The van der Waals surface area contributed by atoms with Crippen LogP contribution < -0.4 is 19.5 Å². The molecule has 5 atom stereocenters. The number of amides is 2. The number of methoxy groups -OCH3 is 3. The fourth-order valence-electron chi connectivity index (χ4n) is 5.45. The van der Waals surface area contributed by atoms with Crippen LogP contribution in [0, 0.1) is 11.8 Å². The van der Waals surface area contributed by atoms with E-state index in [0.717, 1.165) is 19.4 Å². The Hall–Kier alpha value is -2.78. The van der Waals surface area contributed by atoms with Gasteiger partial charge in [-0.2, -0.15) is 0 Å². The highest BCUT2D eigenvalue weighted by molar-refractivity contribution is 5.99. The van der Waals surface area contributed by atoms with Crippen molar-refractivity contribution < 1.29 is 33.3 Å². The first-order valence-corrected chi connectivity index (χ1v) is 10.9. The molecule has 0 saturated carbocycles. The van der Waals surface area contributed by atoms with E-state index in [1.807, 2.05) is 12.2 Å². The lowest BCUT2D eigenvalue weighted by Crippen LogP contribution is -2.42. The second-order valence-corrected chi connectivity index (χ2v) is 8.66. The number of nitrogens with one attached hydrogen (secondary N) is 1. The number of fused-ring (bicyclic) bond motifs is 1. The number of hydrogen-bond donors (Lipinski definition) is 1. The largest absolute Gasteiger partial charge is 0.493 e. The van der Waals surface area contributed by atoms with E-state index in [0.29, 0.717) is 36.0 Å². The molecule has 2 amide bonds. The Labute approximate surface area is 186 Å². The fraction of sp³-hybridized carbons (Fsp3) is 0.565. The molecule has 1 aromatic carbocycles. The standard InChI is InChI=1S/C23H28N2O7/c1-28-16-9-13(10-17(29-2)20(16)30-3)24-21(26)18-15-6-7-23(32-15)12-25(22(27)19(18)23)11-14-5-4-8-31-14/h6-7,9-10,14-15,18-19H,4-5,8,11-12H2,1-3H3,(H,24,26)/t14-,15-,18+,19-,23-/m0/s1. The molecular formula is C23H28N2O7. The monoisotopic (exact) mass is 444 g/mol. The molecule has 5 rings (SSSR count). The first-order chi connectivity index (χ1) is 15.5. The van der Waals surface area contributed by atoms with Crippen LogP contribution in [0.5, 0.6) is 17.2 Å². The molecule has 172 valence electrons. The summed E-state index contributed by atoms with van der Waals surface area (Å²) in [5.74, 6) is -0.161. The SMILES string of the molecule is COc1cc(NC(=O)[C@@H]2[C@@H]3C=C[C@@]4(CN(C[C@@H]5CCCO5)C(=O)[C@H]24)O3)cc(OC)c1OC. The number of carbonyl (C=O) groups is 2. The van der Waals surface area contributed by atoms with Crippen molar-refractivity contribution in [3.05, 3.63) is 24.3 Å². The van der Waals surface area contributed by atoms with Crippen LogP contribution >= 0.6 is 0 Å². The van der Waals surface area contributed by atoms with Crippen molar-refractivity contribution in [1.82, 2.24) is 4.90 Å². The van der Waals surface area contributed by atoms with Crippen LogP contribution in [0.15, 0.2) is 24.3 Å². The lowest BCUT2D eigenvalue weighted by Gasteiger charge is -2.24. The van der Waals surface area contributed by atoms with Crippen molar-refractivity contribution in [1.29, 1.82) is 0 Å². The first-order valence-electron chi connectivity index (χ1n) is 10.9. The van der Waals surface area contributed by atoms with Gasteiger partial charge in [0, 0.05) is 31.0 Å². The minimum atomic E-state index is -0.738. The molecule has 4 aliphatic heterocycles. The predicted octanol–water partition coefficient (Wildman–Crippen LogP) is 1.61. The number of hydrogen-bond acceptors (Lipinski definition) is 7. The topological polar surface area (TPSA) is 95.6 Å². The molecule has 4 aliphatic rings. The molecule has 0 radical (unpaired) electrons. The molecule has 1 spiro atoms. The highest BCUT2D eigenvalue weighted by atomic mass is 16.5. The van der Waals surface area contributed by atoms with Gasteiger partial charge in [0.1, 0.15) is 5.60 Å². The van der Waals surface area contributed by atoms with Crippen molar-refractivity contribution in [2.45, 2.75) is 30.7 Å². The fourth-order valence-corrected chi connectivity index (χ4v) is 5.45. The summed E-state index contributed by atoms with van der Waals surface area (Å²) in [5, 5.41) is 2.92. The van der Waals surface area contributed by atoms with E-state index in [1.165, 1.54) is 21.3 Å². The molecule has 4 heterocycles. The smallest absolute Gasteiger partial charge is 0.231 e. The molecule has 1 N–H and O–H groups in total. The van der Waals surface area contributed by atoms with E-state index >= 15 is 0 Å². The highest BCUT2D eigenvalue weighted by Gasteiger charge is 2.66. The van der Waals surface area contributed by atoms with Crippen LogP contribution in [0.1, 0.15) is 12.8 Å². The summed E-state index contributed by atoms with van der Waals surface area (Å²) in [6, 6.07) is 3.33. The zero-order valence-electron chi connectivity index (χ0n) is 18.5. The van der Waals surface area contributed by atoms with Crippen LogP contribution in [0.2, 0.25) is 0 Å². The molecule has 2 bridgehead atoms. The van der Waals surface area contributed by atoms with Crippen molar-refractivity contribution in [2.75, 3.05) is 46.3 Å². The maximum absolute atomic E-state index is 13.4. The van der Waals surface area contributed by atoms with E-state index in [-0.39, 0.29) is 17.9 Å². The van der Waals surface area contributed by atoms with Gasteiger partial charge < -0.3 is 33.9 Å². The highest BCUT2D eigenvalue weighted by Crippen LogP contribution is 2.52. The van der Waals surface area contributed by atoms with Gasteiger partial charge in [-0.25, -0.2) is 0 Å².